The highest BCUT2D eigenvalue weighted by Gasteiger charge is 2.19. The van der Waals surface area contributed by atoms with Gasteiger partial charge < -0.3 is 14.2 Å². The lowest BCUT2D eigenvalue weighted by Crippen LogP contribution is -2.30. The van der Waals surface area contributed by atoms with Gasteiger partial charge in [0.1, 0.15) is 13.2 Å². The fourth-order valence-corrected chi connectivity index (χ4v) is 7.36. The van der Waals surface area contributed by atoms with Crippen molar-refractivity contribution < 1.29 is 28.6 Å². The van der Waals surface area contributed by atoms with Gasteiger partial charge in [0.25, 0.3) is 0 Å². The van der Waals surface area contributed by atoms with Crippen molar-refractivity contribution in [2.45, 2.75) is 239 Å². The number of rotatable bonds is 49. The molecule has 0 aromatic carbocycles. The highest BCUT2D eigenvalue weighted by molar-refractivity contribution is 5.71. The molecule has 0 amide bonds. The Bertz CT molecular complexity index is 1530. The second-order valence-corrected chi connectivity index (χ2v) is 18.3. The molecule has 0 fully saturated rings. The van der Waals surface area contributed by atoms with Gasteiger partial charge in [0, 0.05) is 19.3 Å². The minimum Gasteiger partial charge on any atom is -0.462 e. The lowest BCUT2D eigenvalue weighted by atomic mass is 10.1. The third kappa shape index (κ3) is 54.5. The van der Waals surface area contributed by atoms with E-state index >= 15 is 0 Å². The Morgan fingerprint density at radius 1 is 0.314 bits per heavy atom. The number of carbonyl (C=O) groups excluding carboxylic acids is 3. The molecule has 70 heavy (non-hydrogen) atoms. The molecule has 0 heterocycles. The Kier molecular flexibility index (Phi) is 53.5. The number of hydrogen-bond donors (Lipinski definition) is 0. The third-order valence-electron chi connectivity index (χ3n) is 11.6. The Labute approximate surface area is 430 Å². The van der Waals surface area contributed by atoms with Crippen LogP contribution < -0.4 is 0 Å². The minimum atomic E-state index is -0.814. The number of hydrogen-bond acceptors (Lipinski definition) is 6. The first-order chi connectivity index (χ1) is 34.5. The number of unbranched alkanes of at least 4 members (excludes halogenated alkanes) is 22. The molecular weight excluding hydrogens is 865 g/mol. The maximum atomic E-state index is 12.9. The predicted molar refractivity (Wildman–Crippen MR) is 302 cm³/mol. The fourth-order valence-electron chi connectivity index (χ4n) is 7.36. The highest BCUT2D eigenvalue weighted by Crippen LogP contribution is 2.14. The van der Waals surface area contributed by atoms with Crippen LogP contribution in [0.25, 0.3) is 0 Å². The van der Waals surface area contributed by atoms with Gasteiger partial charge in [-0.3, -0.25) is 14.4 Å². The van der Waals surface area contributed by atoms with E-state index in [-0.39, 0.29) is 37.5 Å². The van der Waals surface area contributed by atoms with Gasteiger partial charge in [-0.15, -0.1) is 0 Å². The smallest absolute Gasteiger partial charge is 0.306 e. The van der Waals surface area contributed by atoms with Crippen LogP contribution in [0.4, 0.5) is 0 Å². The maximum absolute atomic E-state index is 12.9. The third-order valence-corrected chi connectivity index (χ3v) is 11.6. The van der Waals surface area contributed by atoms with Crippen LogP contribution in [0.3, 0.4) is 0 Å². The first-order valence-corrected chi connectivity index (χ1v) is 28.3. The topological polar surface area (TPSA) is 78.9 Å². The van der Waals surface area contributed by atoms with Gasteiger partial charge in [0.15, 0.2) is 6.10 Å². The van der Waals surface area contributed by atoms with Gasteiger partial charge in [-0.25, -0.2) is 0 Å². The Balaban J connectivity index is 4.52. The van der Waals surface area contributed by atoms with E-state index in [2.05, 4.69) is 106 Å². The molecule has 6 heteroatoms. The summed E-state index contributed by atoms with van der Waals surface area (Å²) in [5.74, 6) is -0.980. The SMILES string of the molecule is CC\C=C/C=C\C=C/C=C\C=C/CCCCCC(=O)OCC(COC(=O)CCCCCCCCCCC/C=C\C/C=C\C/C=C\CC)OC(=O)CCCCCCC\C=C/C=C\C=C/CCCCCCC. The lowest BCUT2D eigenvalue weighted by molar-refractivity contribution is -0.167. The summed E-state index contributed by atoms with van der Waals surface area (Å²) in [6, 6.07) is 0. The highest BCUT2D eigenvalue weighted by atomic mass is 16.6. The molecule has 0 saturated heterocycles. The van der Waals surface area contributed by atoms with Gasteiger partial charge in [-0.05, 0) is 96.3 Å². The van der Waals surface area contributed by atoms with Crippen molar-refractivity contribution in [1.29, 1.82) is 0 Å². The van der Waals surface area contributed by atoms with Crippen molar-refractivity contribution in [3.63, 3.8) is 0 Å². The predicted octanol–water partition coefficient (Wildman–Crippen LogP) is 19.0. The molecule has 394 valence electrons. The monoisotopic (exact) mass is 967 g/mol. The van der Waals surface area contributed by atoms with E-state index in [9.17, 15) is 14.4 Å². The van der Waals surface area contributed by atoms with Crippen molar-refractivity contribution in [2.75, 3.05) is 13.2 Å². The molecule has 6 nitrogen and oxygen atoms in total. The summed E-state index contributed by atoms with van der Waals surface area (Å²) >= 11 is 0. The summed E-state index contributed by atoms with van der Waals surface area (Å²) in [5.41, 5.74) is 0. The number of carbonyl (C=O) groups is 3. The Morgan fingerprint density at radius 3 is 1.06 bits per heavy atom. The van der Waals surface area contributed by atoms with Crippen LogP contribution in [0.2, 0.25) is 0 Å². The van der Waals surface area contributed by atoms with E-state index in [0.717, 1.165) is 122 Å². The molecular formula is C64H102O6. The van der Waals surface area contributed by atoms with Crippen LogP contribution >= 0.6 is 0 Å². The zero-order chi connectivity index (χ0) is 50.7. The van der Waals surface area contributed by atoms with E-state index in [1.165, 1.54) is 70.6 Å². The maximum Gasteiger partial charge on any atom is 0.306 e. The van der Waals surface area contributed by atoms with Gasteiger partial charge in [-0.2, -0.15) is 0 Å². The molecule has 0 aromatic rings. The van der Waals surface area contributed by atoms with Gasteiger partial charge in [0.05, 0.1) is 0 Å². The first kappa shape index (κ1) is 65.5. The molecule has 0 spiro atoms. The van der Waals surface area contributed by atoms with E-state index < -0.39 is 6.10 Å². The van der Waals surface area contributed by atoms with Crippen LogP contribution in [0.15, 0.2) is 134 Å². The molecule has 1 atom stereocenters. The van der Waals surface area contributed by atoms with Gasteiger partial charge in [-0.1, -0.05) is 251 Å². The van der Waals surface area contributed by atoms with Crippen LogP contribution in [-0.2, 0) is 28.6 Å². The standard InChI is InChI=1S/C64H102O6/c1-4-7-10-13-16-19-22-25-28-30-32-34-36-39-42-45-48-51-54-57-63(66)69-60-61(59-68-62(65)56-53-50-47-44-41-38-35-27-24-21-18-15-12-9-6-3)70-64(67)58-55-52-49-46-43-40-37-33-31-29-26-23-20-17-14-11-8-5-2/h7,9-10,12,15-16,18-19,21,23-29,31,33,35,37-38,41,61H,4-6,8,11,13-14,17,20,22,30,32,34,36,39-40,42-60H2,1-3H3/b10-7-,12-9-,18-15-,19-16-,24-21-,26-23-,28-25-,31-29-,35-27-,37-33-,41-38-. The van der Waals surface area contributed by atoms with Crippen molar-refractivity contribution in [3.05, 3.63) is 134 Å². The average molecular weight is 968 g/mol. The van der Waals surface area contributed by atoms with Crippen LogP contribution in [0.5, 0.6) is 0 Å². The zero-order valence-electron chi connectivity index (χ0n) is 45.0. The summed E-state index contributed by atoms with van der Waals surface area (Å²) < 4.78 is 16.8. The van der Waals surface area contributed by atoms with Crippen LogP contribution in [0, 0.1) is 0 Å². The van der Waals surface area contributed by atoms with Crippen LogP contribution in [0.1, 0.15) is 233 Å². The van der Waals surface area contributed by atoms with Crippen molar-refractivity contribution >= 4 is 17.9 Å². The molecule has 0 radical (unpaired) electrons. The van der Waals surface area contributed by atoms with Crippen molar-refractivity contribution in [1.82, 2.24) is 0 Å². The van der Waals surface area contributed by atoms with E-state index in [4.69, 9.17) is 14.2 Å². The Morgan fingerprint density at radius 2 is 0.629 bits per heavy atom. The molecule has 0 rings (SSSR count). The van der Waals surface area contributed by atoms with Crippen molar-refractivity contribution in [3.8, 4) is 0 Å². The van der Waals surface area contributed by atoms with Gasteiger partial charge >= 0.3 is 17.9 Å². The number of esters is 3. The first-order valence-electron chi connectivity index (χ1n) is 28.3. The number of allylic oxidation sites excluding steroid dienone is 22. The second kappa shape index (κ2) is 57.1. The molecule has 0 bridgehead atoms. The molecule has 0 N–H and O–H groups in total. The molecule has 0 aliphatic heterocycles. The molecule has 0 saturated carbocycles. The summed E-state index contributed by atoms with van der Waals surface area (Å²) in [7, 11) is 0. The summed E-state index contributed by atoms with van der Waals surface area (Å²) in [4.78, 5) is 38.2. The minimum absolute atomic E-state index is 0.108. The molecule has 1 unspecified atom stereocenters. The van der Waals surface area contributed by atoms with Crippen molar-refractivity contribution in [2.24, 2.45) is 0 Å². The second-order valence-electron chi connectivity index (χ2n) is 18.3. The average Bonchev–Trinajstić information content (AvgIpc) is 3.36. The normalized spacial score (nSPS) is 13.1. The quantitative estimate of drug-likeness (QED) is 0.0199. The molecule has 0 aliphatic carbocycles. The molecule has 0 aromatic heterocycles. The van der Waals surface area contributed by atoms with Crippen LogP contribution in [-0.4, -0.2) is 37.2 Å². The van der Waals surface area contributed by atoms with E-state index in [1.54, 1.807) is 0 Å². The summed E-state index contributed by atoms with van der Waals surface area (Å²) in [6.07, 6.45) is 80.0. The Hall–Kier alpha value is -4.45. The largest absolute Gasteiger partial charge is 0.462 e. The fraction of sp³-hybridized carbons (Fsp3) is 0.609. The van der Waals surface area contributed by atoms with Gasteiger partial charge in [0.2, 0.25) is 0 Å². The van der Waals surface area contributed by atoms with E-state index in [0.29, 0.717) is 12.8 Å². The molecule has 0 aliphatic rings. The summed E-state index contributed by atoms with van der Waals surface area (Å²) in [5, 5.41) is 0. The number of ether oxygens (including phenoxy) is 3. The lowest BCUT2D eigenvalue weighted by Gasteiger charge is -2.18. The van der Waals surface area contributed by atoms with E-state index in [1.807, 2.05) is 48.6 Å². The zero-order valence-corrected chi connectivity index (χ0v) is 45.0. The summed E-state index contributed by atoms with van der Waals surface area (Å²) in [6.45, 7) is 6.31.